The molecule has 3 aliphatic rings. The fourth-order valence-electron chi connectivity index (χ4n) is 9.75. The summed E-state index contributed by atoms with van der Waals surface area (Å²) in [6, 6.07) is 8.51. The Labute approximate surface area is 327 Å². The number of carbonyl (C=O) groups excluding carboxylic acids is 3. The van der Waals surface area contributed by atoms with Crippen LogP contribution in [0.5, 0.6) is 0 Å². The predicted octanol–water partition coefficient (Wildman–Crippen LogP) is 7.55. The first-order chi connectivity index (χ1) is 25.6. The van der Waals surface area contributed by atoms with Crippen LogP contribution in [0.2, 0.25) is 0 Å². The largest absolute Gasteiger partial charge is 0.461 e. The van der Waals surface area contributed by atoms with Crippen LogP contribution < -0.4 is 10.6 Å². The van der Waals surface area contributed by atoms with E-state index in [9.17, 15) is 19.5 Å². The topological polar surface area (TPSA) is 135 Å². The second-order valence-corrected chi connectivity index (χ2v) is 19.3. The summed E-state index contributed by atoms with van der Waals surface area (Å²) in [6.45, 7) is 19.7. The number of ketones is 1. The molecule has 3 aliphatic carbocycles. The third kappa shape index (κ3) is 9.09. The van der Waals surface area contributed by atoms with Crippen LogP contribution in [-0.2, 0) is 38.6 Å². The van der Waals surface area contributed by atoms with Crippen LogP contribution in [0.15, 0.2) is 43.1 Å². The maximum atomic E-state index is 13.7. The van der Waals surface area contributed by atoms with Gasteiger partial charge < -0.3 is 20.5 Å². The predicted molar refractivity (Wildman–Crippen MR) is 216 cm³/mol. The van der Waals surface area contributed by atoms with Crippen molar-refractivity contribution in [1.82, 2.24) is 20.3 Å². The van der Waals surface area contributed by atoms with Crippen molar-refractivity contribution in [2.75, 3.05) is 17.6 Å². The average molecular weight is 764 g/mol. The summed E-state index contributed by atoms with van der Waals surface area (Å²) < 4.78 is 7.49. The third-order valence-corrected chi connectivity index (χ3v) is 14.8. The lowest BCUT2D eigenvalue weighted by molar-refractivity contribution is -0.205. The fraction of sp³-hybridized carbons (Fsp3) is 0.698. The number of benzene rings is 1. The Morgan fingerprint density at radius 3 is 2.59 bits per heavy atom. The SMILES string of the molecule is C=C[C@]1(C)C[C@@H](OC(=O)CSC(C)(C)CNC(=O)Cn2cc(CNc3ccc(CCCCCC)cc3)nn2)[C@]2(C)[C@H](C)CC[C@]3(CCC(=O)[C@H]32)[C@@H](C)[C@@H]1O. The summed E-state index contributed by atoms with van der Waals surface area (Å²) in [7, 11) is 0. The molecule has 1 heterocycles. The third-order valence-electron chi connectivity index (χ3n) is 13.5. The first-order valence-electron chi connectivity index (χ1n) is 20.2. The smallest absolute Gasteiger partial charge is 0.316 e. The van der Waals surface area contributed by atoms with Crippen LogP contribution in [0.1, 0.15) is 118 Å². The molecule has 0 unspecified atom stereocenters. The molecule has 1 amide bonds. The minimum Gasteiger partial charge on any atom is -0.461 e. The number of anilines is 1. The fourth-order valence-corrected chi connectivity index (χ4v) is 10.5. The number of aliphatic hydroxyl groups is 1. The van der Waals surface area contributed by atoms with Gasteiger partial charge in [-0.3, -0.25) is 14.4 Å². The molecule has 1 aromatic carbocycles. The van der Waals surface area contributed by atoms with Gasteiger partial charge in [0.1, 0.15) is 24.1 Å². The number of nitrogens with zero attached hydrogens (tertiary/aromatic N) is 3. The van der Waals surface area contributed by atoms with Gasteiger partial charge in [0.05, 0.1) is 24.6 Å². The first kappa shape index (κ1) is 42.0. The Morgan fingerprint density at radius 2 is 1.89 bits per heavy atom. The van der Waals surface area contributed by atoms with Crippen molar-refractivity contribution in [3.05, 3.63) is 54.4 Å². The summed E-state index contributed by atoms with van der Waals surface area (Å²) in [5.41, 5.74) is 1.56. The zero-order valence-corrected chi connectivity index (χ0v) is 34.6. The number of carbonyl (C=O) groups is 3. The van der Waals surface area contributed by atoms with Crippen LogP contribution >= 0.6 is 11.8 Å². The van der Waals surface area contributed by atoms with E-state index in [2.05, 4.69) is 79.5 Å². The molecule has 0 aliphatic heterocycles. The molecule has 8 atom stereocenters. The van der Waals surface area contributed by atoms with Crippen molar-refractivity contribution >= 4 is 35.1 Å². The molecular weight excluding hydrogens is 699 g/mol. The normalized spacial score (nSPS) is 30.9. The lowest BCUT2D eigenvalue weighted by Crippen LogP contribution is -2.63. The van der Waals surface area contributed by atoms with Crippen LogP contribution in [0.3, 0.4) is 0 Å². The number of aryl methyl sites for hydroxylation is 1. The van der Waals surface area contributed by atoms with Crippen LogP contribution in [0.25, 0.3) is 0 Å². The molecule has 2 aromatic rings. The molecule has 298 valence electrons. The van der Waals surface area contributed by atoms with Crippen LogP contribution in [0, 0.1) is 34.0 Å². The van der Waals surface area contributed by atoms with Crippen molar-refractivity contribution in [2.24, 2.45) is 34.0 Å². The summed E-state index contributed by atoms with van der Waals surface area (Å²) in [5.74, 6) is -0.372. The lowest BCUT2D eigenvalue weighted by atomic mass is 9.44. The molecule has 11 heteroatoms. The number of rotatable bonds is 17. The number of hydrogen-bond donors (Lipinski definition) is 3. The Hall–Kier alpha value is -3.18. The first-order valence-corrected chi connectivity index (χ1v) is 21.2. The quantitative estimate of drug-likeness (QED) is 0.0848. The van der Waals surface area contributed by atoms with E-state index in [0.717, 1.165) is 37.1 Å². The van der Waals surface area contributed by atoms with Gasteiger partial charge in [0.2, 0.25) is 5.91 Å². The molecule has 2 bridgehead atoms. The molecule has 1 aromatic heterocycles. The zero-order valence-electron chi connectivity index (χ0n) is 33.8. The maximum absolute atomic E-state index is 13.7. The molecule has 3 N–H and O–H groups in total. The number of hydrogen-bond acceptors (Lipinski definition) is 9. The summed E-state index contributed by atoms with van der Waals surface area (Å²) in [4.78, 5) is 40.2. The molecule has 5 rings (SSSR count). The minimum absolute atomic E-state index is 0.0366. The number of aliphatic hydroxyl groups excluding tert-OH is 1. The maximum Gasteiger partial charge on any atom is 0.316 e. The number of unbranched alkanes of at least 4 members (excludes halogenated alkanes) is 3. The second-order valence-electron chi connectivity index (χ2n) is 17.7. The van der Waals surface area contributed by atoms with Gasteiger partial charge in [-0.2, -0.15) is 0 Å². The average Bonchev–Trinajstić information content (AvgIpc) is 3.75. The van der Waals surface area contributed by atoms with E-state index in [4.69, 9.17) is 4.74 Å². The van der Waals surface area contributed by atoms with Gasteiger partial charge in [0, 0.05) is 40.1 Å². The highest BCUT2D eigenvalue weighted by molar-refractivity contribution is 8.01. The molecule has 54 heavy (non-hydrogen) atoms. The molecule has 3 fully saturated rings. The van der Waals surface area contributed by atoms with Crippen LogP contribution in [0.4, 0.5) is 5.69 Å². The van der Waals surface area contributed by atoms with Gasteiger partial charge in [0.25, 0.3) is 0 Å². The molecule has 0 saturated heterocycles. The van der Waals surface area contributed by atoms with E-state index in [-0.39, 0.29) is 53.1 Å². The highest BCUT2D eigenvalue weighted by Crippen LogP contribution is 2.68. The second kappa shape index (κ2) is 17.3. The number of Topliss-reactive ketones (excluding diaryl/α,β-unsaturated/α-hetero) is 1. The number of thioether (sulfide) groups is 1. The lowest BCUT2D eigenvalue weighted by Gasteiger charge is -2.61. The van der Waals surface area contributed by atoms with Gasteiger partial charge >= 0.3 is 5.97 Å². The van der Waals surface area contributed by atoms with E-state index in [1.165, 1.54) is 47.7 Å². The zero-order chi connectivity index (χ0) is 39.3. The summed E-state index contributed by atoms with van der Waals surface area (Å²) in [5, 5.41) is 26.5. The molecule has 0 spiro atoms. The Kier molecular flexibility index (Phi) is 13.5. The van der Waals surface area contributed by atoms with Gasteiger partial charge in [-0.15, -0.1) is 23.4 Å². The van der Waals surface area contributed by atoms with Gasteiger partial charge in [-0.05, 0) is 87.3 Å². The summed E-state index contributed by atoms with van der Waals surface area (Å²) >= 11 is 1.43. The van der Waals surface area contributed by atoms with Gasteiger partial charge in [0.15, 0.2) is 0 Å². The van der Waals surface area contributed by atoms with Crippen molar-refractivity contribution in [1.29, 1.82) is 0 Å². The van der Waals surface area contributed by atoms with E-state index < -0.39 is 27.8 Å². The standard InChI is InChI=1S/C43H65N5O5S/c1-9-11-12-13-14-31-15-17-32(18-16-31)44-24-33-25-48(47-46-33)26-36(50)45-28-40(5,6)54-27-37(51)53-35-23-41(7,10-2)39(52)30(4)43-21-19-29(3)42(35,8)38(43)34(49)20-22-43/h10,15-18,25,29-30,35,38-39,44,52H,2,9,11-14,19-24,26-28H2,1,3-8H3,(H,45,50)/t29-,30+,35-,38+,39+,41-,42+,43+/m1/s1. The monoisotopic (exact) mass is 763 g/mol. The Morgan fingerprint density at radius 1 is 1.15 bits per heavy atom. The minimum atomic E-state index is -0.701. The number of amides is 1. The number of nitrogens with one attached hydrogen (secondary N) is 2. The molecule has 3 saturated carbocycles. The molecule has 10 nitrogen and oxygen atoms in total. The van der Waals surface area contributed by atoms with E-state index in [1.807, 2.05) is 26.8 Å². The van der Waals surface area contributed by atoms with Crippen molar-refractivity contribution in [2.45, 2.75) is 143 Å². The van der Waals surface area contributed by atoms with E-state index in [0.29, 0.717) is 25.9 Å². The number of esters is 1. The van der Waals surface area contributed by atoms with Crippen molar-refractivity contribution in [3.63, 3.8) is 0 Å². The number of aromatic nitrogens is 3. The highest BCUT2D eigenvalue weighted by Gasteiger charge is 2.68. The molecular formula is C43H65N5O5S. The Balaban J connectivity index is 1.11. The van der Waals surface area contributed by atoms with Crippen molar-refractivity contribution < 1.29 is 24.2 Å². The molecule has 0 radical (unpaired) electrons. The number of ether oxygens (including phenoxy) is 1. The van der Waals surface area contributed by atoms with E-state index >= 15 is 0 Å². The van der Waals surface area contributed by atoms with E-state index in [1.54, 1.807) is 6.20 Å². The van der Waals surface area contributed by atoms with Crippen LogP contribution in [-0.4, -0.2) is 67.0 Å². The Bertz CT molecular complexity index is 1630. The van der Waals surface area contributed by atoms with Crippen molar-refractivity contribution in [3.8, 4) is 0 Å². The van der Waals surface area contributed by atoms with Gasteiger partial charge in [-0.1, -0.05) is 77.3 Å². The summed E-state index contributed by atoms with van der Waals surface area (Å²) in [6.07, 6.45) is 12.0. The highest BCUT2D eigenvalue weighted by atomic mass is 32.2. The van der Waals surface area contributed by atoms with Gasteiger partial charge in [-0.25, -0.2) is 4.68 Å².